The van der Waals surface area contributed by atoms with Crippen LogP contribution in [0.3, 0.4) is 0 Å². The molecule has 2 aliphatic carbocycles. The van der Waals surface area contributed by atoms with Gasteiger partial charge in [0.05, 0.1) is 0 Å². The lowest BCUT2D eigenvalue weighted by Gasteiger charge is -2.47. The first kappa shape index (κ1) is 9.21. The molecule has 0 unspecified atom stereocenters. The Balaban J connectivity index is 1.68. The van der Waals surface area contributed by atoms with Gasteiger partial charge in [-0.1, -0.05) is 25.7 Å². The van der Waals surface area contributed by atoms with Crippen LogP contribution in [0.25, 0.3) is 0 Å². The molecule has 0 bridgehead atoms. The Morgan fingerprint density at radius 3 is 1.71 bits per heavy atom. The average Bonchev–Trinajstić information content (AvgIpc) is 2.26. The molecule has 3 fully saturated rings. The van der Waals surface area contributed by atoms with Gasteiger partial charge in [0.15, 0.2) is 0 Å². The number of hydrogen-bond acceptors (Lipinski definition) is 1. The van der Waals surface area contributed by atoms with E-state index in [0.717, 1.165) is 23.9 Å². The molecule has 80 valence electrons. The first-order valence-corrected chi connectivity index (χ1v) is 6.69. The number of nitrogens with one attached hydrogen (secondary N) is 1. The molecule has 0 radical (unpaired) electrons. The van der Waals surface area contributed by atoms with Gasteiger partial charge < -0.3 is 5.32 Å². The van der Waals surface area contributed by atoms with Crippen LogP contribution in [-0.2, 0) is 0 Å². The molecule has 0 spiro atoms. The van der Waals surface area contributed by atoms with Gasteiger partial charge >= 0.3 is 0 Å². The van der Waals surface area contributed by atoms with Crippen molar-refractivity contribution >= 4 is 0 Å². The van der Waals surface area contributed by atoms with E-state index in [4.69, 9.17) is 0 Å². The Bertz CT molecular complexity index is 159. The van der Waals surface area contributed by atoms with Gasteiger partial charge in [-0.3, -0.25) is 0 Å². The standard InChI is InChI=1S/C13H23N/c1-3-7-12-10(5-1)9-11-6-2-4-8-13(11)14-12/h10-14H,1-9H2/t10-,11+,12-,13+. The van der Waals surface area contributed by atoms with Crippen LogP contribution in [0.1, 0.15) is 57.8 Å². The van der Waals surface area contributed by atoms with E-state index in [1.54, 1.807) is 6.42 Å². The van der Waals surface area contributed by atoms with Crippen molar-refractivity contribution < 1.29 is 0 Å². The molecule has 0 aromatic rings. The van der Waals surface area contributed by atoms with Gasteiger partial charge in [-0.05, 0) is 43.9 Å². The molecule has 1 heterocycles. The second kappa shape index (κ2) is 3.84. The van der Waals surface area contributed by atoms with Crippen molar-refractivity contribution in [3.8, 4) is 0 Å². The first-order chi connectivity index (χ1) is 6.93. The molecule has 0 aromatic heterocycles. The van der Waals surface area contributed by atoms with Gasteiger partial charge in [-0.15, -0.1) is 0 Å². The van der Waals surface area contributed by atoms with Crippen LogP contribution >= 0.6 is 0 Å². The topological polar surface area (TPSA) is 12.0 Å². The summed E-state index contributed by atoms with van der Waals surface area (Å²) >= 11 is 0. The minimum absolute atomic E-state index is 0.906. The summed E-state index contributed by atoms with van der Waals surface area (Å²) in [6, 6.07) is 1.81. The Labute approximate surface area is 87.7 Å². The minimum Gasteiger partial charge on any atom is -0.311 e. The van der Waals surface area contributed by atoms with Gasteiger partial charge in [0.25, 0.3) is 0 Å². The van der Waals surface area contributed by atoms with Crippen LogP contribution in [0, 0.1) is 11.8 Å². The smallest absolute Gasteiger partial charge is 0.00981 e. The second-order valence-electron chi connectivity index (χ2n) is 5.70. The zero-order chi connectivity index (χ0) is 9.38. The maximum atomic E-state index is 3.96. The fraction of sp³-hybridized carbons (Fsp3) is 1.00. The van der Waals surface area contributed by atoms with Crippen molar-refractivity contribution in [2.75, 3.05) is 0 Å². The third-order valence-electron chi connectivity index (χ3n) is 4.85. The monoisotopic (exact) mass is 193 g/mol. The maximum Gasteiger partial charge on any atom is 0.00981 e. The zero-order valence-electron chi connectivity index (χ0n) is 9.17. The van der Waals surface area contributed by atoms with Crippen LogP contribution in [0.4, 0.5) is 0 Å². The molecular weight excluding hydrogens is 170 g/mol. The largest absolute Gasteiger partial charge is 0.311 e. The van der Waals surface area contributed by atoms with Crippen molar-refractivity contribution in [3.63, 3.8) is 0 Å². The van der Waals surface area contributed by atoms with Crippen molar-refractivity contribution in [2.45, 2.75) is 69.9 Å². The van der Waals surface area contributed by atoms with Gasteiger partial charge in [-0.25, -0.2) is 0 Å². The molecule has 1 nitrogen and oxygen atoms in total. The molecule has 1 aliphatic heterocycles. The summed E-state index contributed by atoms with van der Waals surface area (Å²) in [7, 11) is 0. The molecular formula is C13H23N. The molecule has 1 N–H and O–H groups in total. The summed E-state index contributed by atoms with van der Waals surface area (Å²) in [4.78, 5) is 0. The quantitative estimate of drug-likeness (QED) is 0.623. The summed E-state index contributed by atoms with van der Waals surface area (Å²) in [5, 5.41) is 3.96. The summed E-state index contributed by atoms with van der Waals surface area (Å²) in [6.07, 6.45) is 13.5. The van der Waals surface area contributed by atoms with Gasteiger partial charge in [0.2, 0.25) is 0 Å². The van der Waals surface area contributed by atoms with E-state index < -0.39 is 0 Å². The summed E-state index contributed by atoms with van der Waals surface area (Å²) < 4.78 is 0. The van der Waals surface area contributed by atoms with Crippen LogP contribution in [0.5, 0.6) is 0 Å². The Hall–Kier alpha value is -0.0400. The lowest BCUT2D eigenvalue weighted by Crippen LogP contribution is -2.54. The van der Waals surface area contributed by atoms with Crippen LogP contribution in [-0.4, -0.2) is 12.1 Å². The molecule has 0 amide bonds. The highest BCUT2D eigenvalue weighted by atomic mass is 15.0. The van der Waals surface area contributed by atoms with Gasteiger partial charge in [-0.2, -0.15) is 0 Å². The second-order valence-corrected chi connectivity index (χ2v) is 5.70. The average molecular weight is 193 g/mol. The predicted molar refractivity (Wildman–Crippen MR) is 59.2 cm³/mol. The van der Waals surface area contributed by atoms with Crippen LogP contribution < -0.4 is 5.32 Å². The first-order valence-electron chi connectivity index (χ1n) is 6.69. The molecule has 3 rings (SSSR count). The third kappa shape index (κ3) is 1.60. The minimum atomic E-state index is 0.906. The Kier molecular flexibility index (Phi) is 2.53. The van der Waals surface area contributed by atoms with E-state index in [-0.39, 0.29) is 0 Å². The van der Waals surface area contributed by atoms with Gasteiger partial charge in [0, 0.05) is 12.1 Å². The summed E-state index contributed by atoms with van der Waals surface area (Å²) in [5.74, 6) is 2.09. The third-order valence-corrected chi connectivity index (χ3v) is 4.85. The molecule has 4 atom stereocenters. The predicted octanol–water partition coefficient (Wildman–Crippen LogP) is 3.10. The van der Waals surface area contributed by atoms with Crippen molar-refractivity contribution in [3.05, 3.63) is 0 Å². The Morgan fingerprint density at radius 2 is 1.14 bits per heavy atom. The lowest BCUT2D eigenvalue weighted by atomic mass is 9.69. The number of piperidine rings is 1. The van der Waals surface area contributed by atoms with E-state index in [9.17, 15) is 0 Å². The highest BCUT2D eigenvalue weighted by Crippen LogP contribution is 2.40. The number of rotatable bonds is 0. The maximum absolute atomic E-state index is 3.96. The Morgan fingerprint density at radius 1 is 0.643 bits per heavy atom. The highest BCUT2D eigenvalue weighted by molar-refractivity contribution is 4.95. The van der Waals surface area contributed by atoms with E-state index in [0.29, 0.717) is 0 Å². The van der Waals surface area contributed by atoms with E-state index in [1.165, 1.54) is 51.4 Å². The summed E-state index contributed by atoms with van der Waals surface area (Å²) in [5.41, 5.74) is 0. The summed E-state index contributed by atoms with van der Waals surface area (Å²) in [6.45, 7) is 0. The number of fused-ring (bicyclic) bond motifs is 2. The van der Waals surface area contributed by atoms with E-state index in [2.05, 4.69) is 5.32 Å². The van der Waals surface area contributed by atoms with Crippen LogP contribution in [0.2, 0.25) is 0 Å². The normalized spacial score (nSPS) is 48.0. The zero-order valence-corrected chi connectivity index (χ0v) is 9.17. The molecule has 14 heavy (non-hydrogen) atoms. The van der Waals surface area contributed by atoms with E-state index in [1.807, 2.05) is 0 Å². The highest BCUT2D eigenvalue weighted by Gasteiger charge is 2.38. The lowest BCUT2D eigenvalue weighted by molar-refractivity contribution is 0.0955. The van der Waals surface area contributed by atoms with Crippen LogP contribution in [0.15, 0.2) is 0 Å². The fourth-order valence-corrected chi connectivity index (χ4v) is 4.08. The van der Waals surface area contributed by atoms with E-state index >= 15 is 0 Å². The molecule has 3 aliphatic rings. The molecule has 1 heteroatoms. The van der Waals surface area contributed by atoms with Crippen molar-refractivity contribution in [1.82, 2.24) is 5.32 Å². The van der Waals surface area contributed by atoms with Crippen molar-refractivity contribution in [2.24, 2.45) is 11.8 Å². The van der Waals surface area contributed by atoms with Crippen molar-refractivity contribution in [1.29, 1.82) is 0 Å². The number of hydrogen-bond donors (Lipinski definition) is 1. The molecule has 2 saturated carbocycles. The fourth-order valence-electron chi connectivity index (χ4n) is 4.08. The molecule has 1 saturated heterocycles. The van der Waals surface area contributed by atoms with Gasteiger partial charge in [0.1, 0.15) is 0 Å². The SMILES string of the molecule is C1CC[C@@H]2N[C@@H]3CCCC[C@@H]3C[C@@H]2C1. The molecule has 0 aromatic carbocycles.